The van der Waals surface area contributed by atoms with E-state index < -0.39 is 18.5 Å². The van der Waals surface area contributed by atoms with Gasteiger partial charge in [-0.25, -0.2) is 17.6 Å². The fraction of sp³-hybridized carbons (Fsp3) is 0.619. The van der Waals surface area contributed by atoms with E-state index >= 15 is 0 Å². The second-order valence-corrected chi connectivity index (χ2v) is 11.2. The first-order chi connectivity index (χ1) is 13.6. The van der Waals surface area contributed by atoms with Crippen LogP contribution in [0.25, 0.3) is 0 Å². The molecule has 9 heteroatoms. The van der Waals surface area contributed by atoms with Gasteiger partial charge in [-0.15, -0.1) is 22.7 Å². The number of halogens is 5. The van der Waals surface area contributed by atoms with E-state index in [1.54, 1.807) is 0 Å². The van der Waals surface area contributed by atoms with Crippen LogP contribution in [-0.2, 0) is 5.60 Å². The highest BCUT2D eigenvalue weighted by Crippen LogP contribution is 2.50. The van der Waals surface area contributed by atoms with Crippen LogP contribution >= 0.6 is 22.7 Å². The lowest BCUT2D eigenvalue weighted by molar-refractivity contribution is -0.931. The van der Waals surface area contributed by atoms with Crippen LogP contribution in [0.1, 0.15) is 64.5 Å². The summed E-state index contributed by atoms with van der Waals surface area (Å²) in [6, 6.07) is 6.80. The molecule has 0 aliphatic carbocycles. The quantitative estimate of drug-likeness (QED) is 0.451. The Balaban J connectivity index is 0.00000256. The third-order valence-corrected chi connectivity index (χ3v) is 9.50. The van der Waals surface area contributed by atoms with Gasteiger partial charge in [0.2, 0.25) is 0 Å². The van der Waals surface area contributed by atoms with Gasteiger partial charge in [0.05, 0.1) is 35.9 Å². The predicted molar refractivity (Wildman–Crippen MR) is 108 cm³/mol. The van der Waals surface area contributed by atoms with Crippen molar-refractivity contribution in [2.24, 2.45) is 5.92 Å². The van der Waals surface area contributed by atoms with Crippen LogP contribution in [0.15, 0.2) is 24.3 Å². The minimum absolute atomic E-state index is 0. The molecule has 2 aliphatic rings. The molecule has 2 aromatic rings. The van der Waals surface area contributed by atoms with Gasteiger partial charge in [0.25, 0.3) is 12.9 Å². The highest BCUT2D eigenvalue weighted by atomic mass is 79.9. The summed E-state index contributed by atoms with van der Waals surface area (Å²) in [4.78, 5) is 0.625. The lowest BCUT2D eigenvalue weighted by Crippen LogP contribution is -3.00. The second kappa shape index (κ2) is 8.81. The van der Waals surface area contributed by atoms with Crippen LogP contribution in [0, 0.1) is 5.92 Å². The van der Waals surface area contributed by atoms with Crippen LogP contribution in [0.3, 0.4) is 0 Å². The molecule has 0 saturated carbocycles. The minimum atomic E-state index is -2.61. The molecule has 30 heavy (non-hydrogen) atoms. The van der Waals surface area contributed by atoms with Gasteiger partial charge in [-0.2, -0.15) is 0 Å². The van der Waals surface area contributed by atoms with Gasteiger partial charge in [-0.1, -0.05) is 0 Å². The number of thiophene rings is 2. The molecule has 1 unspecified atom stereocenters. The maximum atomic E-state index is 13.2. The average Bonchev–Trinajstić information content (AvgIpc) is 3.34. The molecule has 168 valence electrons. The third-order valence-electron chi connectivity index (χ3n) is 7.01. The first-order valence-corrected chi connectivity index (χ1v) is 11.6. The van der Waals surface area contributed by atoms with Crippen molar-refractivity contribution in [1.29, 1.82) is 0 Å². The zero-order chi connectivity index (χ0) is 21.0. The molecule has 3 atom stereocenters. The molecule has 2 nitrogen and oxygen atoms in total. The number of rotatable bonds is 6. The molecular formula is C21H26BrF4NOS2. The number of hydrogen-bond acceptors (Lipinski definition) is 3. The summed E-state index contributed by atoms with van der Waals surface area (Å²) in [6.45, 7) is 0. The van der Waals surface area contributed by atoms with E-state index in [9.17, 15) is 22.7 Å². The van der Waals surface area contributed by atoms with Gasteiger partial charge < -0.3 is 26.6 Å². The molecule has 2 aromatic heterocycles. The van der Waals surface area contributed by atoms with Crippen molar-refractivity contribution < 1.29 is 44.1 Å². The van der Waals surface area contributed by atoms with Crippen LogP contribution < -0.4 is 17.0 Å². The molecule has 0 aromatic carbocycles. The Morgan fingerprint density at radius 2 is 1.37 bits per heavy atom. The van der Waals surface area contributed by atoms with E-state index in [4.69, 9.17) is 0 Å². The van der Waals surface area contributed by atoms with Crippen molar-refractivity contribution in [3.8, 4) is 0 Å². The number of piperidine rings is 1. The fourth-order valence-electron chi connectivity index (χ4n) is 5.29. The maximum Gasteiger partial charge on any atom is 0.272 e. The van der Waals surface area contributed by atoms with E-state index in [1.807, 2.05) is 0 Å². The summed E-state index contributed by atoms with van der Waals surface area (Å²) >= 11 is 1.76. The summed E-state index contributed by atoms with van der Waals surface area (Å²) < 4.78 is 53.7. The Bertz CT molecular complexity index is 807. The Hall–Kier alpha value is -0.480. The Morgan fingerprint density at radius 1 is 0.933 bits per heavy atom. The highest BCUT2D eigenvalue weighted by Gasteiger charge is 2.51. The van der Waals surface area contributed by atoms with Crippen molar-refractivity contribution in [2.45, 2.75) is 62.6 Å². The zero-order valence-electron chi connectivity index (χ0n) is 16.8. The molecule has 0 spiro atoms. The molecule has 4 heterocycles. The minimum Gasteiger partial charge on any atom is -1.00 e. The summed E-state index contributed by atoms with van der Waals surface area (Å²) in [6.07, 6.45) is -0.585. The molecule has 2 aliphatic heterocycles. The monoisotopic (exact) mass is 527 g/mol. The van der Waals surface area contributed by atoms with Gasteiger partial charge in [0, 0.05) is 35.4 Å². The summed E-state index contributed by atoms with van der Waals surface area (Å²) in [5.74, 6) is 0.234. The maximum absolute atomic E-state index is 13.2. The third kappa shape index (κ3) is 4.25. The predicted octanol–water partition coefficient (Wildman–Crippen LogP) is 3.33. The molecule has 4 rings (SSSR count). The number of nitrogens with zero attached hydrogens (tertiary/aromatic N) is 1. The number of fused-ring (bicyclic) bond motifs is 2. The normalized spacial score (nSPS) is 25.7. The van der Waals surface area contributed by atoms with Crippen molar-refractivity contribution in [3.63, 3.8) is 0 Å². The Morgan fingerprint density at radius 3 is 1.73 bits per heavy atom. The number of aliphatic hydroxyl groups is 1. The highest BCUT2D eigenvalue weighted by molar-refractivity contribution is 7.13. The first kappa shape index (κ1) is 24.2. The molecule has 1 N–H and O–H groups in total. The number of quaternary nitrogens is 1. The lowest BCUT2D eigenvalue weighted by atomic mass is 9.79. The standard InChI is InChI=1S/C21H26F4NOS2.BrH/c1-26(2)13-3-4-14(26)10-12(9-13)11-21(27,17-7-5-15(28-17)19(22)23)18-8-6-16(29-18)20(24)25;/h5-8,12-14,19-20,27H,3-4,9-11H2,1-2H3;1H/q+1;/p-1/t12?,13-,14+;. The molecule has 2 fully saturated rings. The van der Waals surface area contributed by atoms with Crippen LogP contribution in [0.2, 0.25) is 0 Å². The van der Waals surface area contributed by atoms with Crippen molar-refractivity contribution in [1.82, 2.24) is 0 Å². The van der Waals surface area contributed by atoms with Gasteiger partial charge in [0.1, 0.15) is 5.60 Å². The fourth-order valence-corrected chi connectivity index (χ4v) is 7.30. The Labute approximate surface area is 192 Å². The van der Waals surface area contributed by atoms with E-state index in [0.717, 1.165) is 52.8 Å². The molecular weight excluding hydrogens is 502 g/mol. The smallest absolute Gasteiger partial charge is 0.272 e. The lowest BCUT2D eigenvalue weighted by Gasteiger charge is -2.45. The van der Waals surface area contributed by atoms with Gasteiger partial charge in [-0.05, 0) is 36.6 Å². The first-order valence-electron chi connectivity index (χ1n) is 9.93. The molecule has 0 radical (unpaired) electrons. The summed E-state index contributed by atoms with van der Waals surface area (Å²) in [7, 11) is 4.51. The summed E-state index contributed by atoms with van der Waals surface area (Å²) in [5, 5.41) is 11.7. The van der Waals surface area contributed by atoms with Gasteiger partial charge in [0.15, 0.2) is 0 Å². The molecule has 2 bridgehead atoms. The topological polar surface area (TPSA) is 20.2 Å². The van der Waals surface area contributed by atoms with E-state index in [0.29, 0.717) is 28.3 Å². The van der Waals surface area contributed by atoms with E-state index in [-0.39, 0.29) is 32.7 Å². The van der Waals surface area contributed by atoms with Crippen molar-refractivity contribution in [3.05, 3.63) is 43.8 Å². The average molecular weight is 528 g/mol. The van der Waals surface area contributed by atoms with E-state index in [2.05, 4.69) is 14.1 Å². The van der Waals surface area contributed by atoms with Gasteiger partial charge in [-0.3, -0.25) is 0 Å². The molecule has 2 saturated heterocycles. The SMILES string of the molecule is C[N+]1(C)[C@@H]2CC[C@H]1CC(CC(O)(c1ccc(C(F)F)s1)c1ccc(C(F)F)s1)C2.[Br-]. The largest absolute Gasteiger partial charge is 1.00 e. The number of alkyl halides is 4. The zero-order valence-corrected chi connectivity index (χ0v) is 20.1. The molecule has 0 amide bonds. The van der Waals surface area contributed by atoms with Crippen LogP contribution in [0.4, 0.5) is 17.6 Å². The van der Waals surface area contributed by atoms with Crippen LogP contribution in [-0.4, -0.2) is 35.8 Å². The van der Waals surface area contributed by atoms with Gasteiger partial charge >= 0.3 is 0 Å². The number of hydrogen-bond donors (Lipinski definition) is 1. The van der Waals surface area contributed by atoms with Crippen molar-refractivity contribution >= 4 is 22.7 Å². The Kier molecular flexibility index (Phi) is 7.10. The van der Waals surface area contributed by atoms with Crippen LogP contribution in [0.5, 0.6) is 0 Å². The summed E-state index contributed by atoms with van der Waals surface area (Å²) in [5.41, 5.74) is -1.51. The van der Waals surface area contributed by atoms with E-state index in [1.165, 1.54) is 24.3 Å². The second-order valence-electron chi connectivity index (χ2n) is 8.92. The van der Waals surface area contributed by atoms with Crippen molar-refractivity contribution in [2.75, 3.05) is 14.1 Å².